The topological polar surface area (TPSA) is 77.5 Å². The van der Waals surface area contributed by atoms with E-state index in [9.17, 15) is 0 Å². The Kier molecular flexibility index (Phi) is 5.93. The molecule has 128 valence electrons. The number of fused-ring (bicyclic) bond motifs is 1. The summed E-state index contributed by atoms with van der Waals surface area (Å²) in [5, 5.41) is 16.3. The number of aliphatic imine (C=N–C) groups is 1. The van der Waals surface area contributed by atoms with Crippen LogP contribution in [0.25, 0.3) is 16.2 Å². The minimum atomic E-state index is 0.498. The van der Waals surface area contributed by atoms with E-state index in [1.165, 1.54) is 5.69 Å². The maximum atomic E-state index is 8.62. The normalized spacial score (nSPS) is 11.4. The maximum Gasteiger partial charge on any atom is 0.204 e. The summed E-state index contributed by atoms with van der Waals surface area (Å²) in [5.41, 5.74) is 3.41. The van der Waals surface area contributed by atoms with Gasteiger partial charge in [0.1, 0.15) is 0 Å². The van der Waals surface area contributed by atoms with E-state index in [0.29, 0.717) is 5.96 Å². The van der Waals surface area contributed by atoms with Gasteiger partial charge in [0.25, 0.3) is 0 Å². The molecule has 2 heterocycles. The van der Waals surface area contributed by atoms with Crippen LogP contribution in [0.2, 0.25) is 0 Å². The van der Waals surface area contributed by atoms with E-state index in [1.54, 1.807) is 18.4 Å². The lowest BCUT2D eigenvalue weighted by molar-refractivity contribution is 0.930. The molecular formula is C17H18N6S2. The molecule has 0 unspecified atom stereocenters. The lowest BCUT2D eigenvalue weighted by atomic mass is 10.1. The van der Waals surface area contributed by atoms with Gasteiger partial charge >= 0.3 is 0 Å². The molecule has 0 bridgehead atoms. The quantitative estimate of drug-likeness (QED) is 0.229. The molecule has 0 aliphatic heterocycles. The van der Waals surface area contributed by atoms with Crippen molar-refractivity contribution in [2.75, 3.05) is 19.3 Å². The van der Waals surface area contributed by atoms with Crippen LogP contribution in [0.3, 0.4) is 0 Å². The highest BCUT2D eigenvalue weighted by Gasteiger charge is 2.14. The molecule has 0 saturated carbocycles. The second-order valence-electron chi connectivity index (χ2n) is 5.12. The number of hydrogen-bond donors (Lipinski definition) is 2. The van der Waals surface area contributed by atoms with Gasteiger partial charge in [-0.05, 0) is 0 Å². The molecule has 0 amide bonds. The third-order valence-electron chi connectivity index (χ3n) is 3.58. The largest absolute Gasteiger partial charge is 0.355 e. The van der Waals surface area contributed by atoms with Gasteiger partial charge in [0.2, 0.25) is 5.96 Å². The van der Waals surface area contributed by atoms with Crippen molar-refractivity contribution >= 4 is 34.0 Å². The maximum absolute atomic E-state index is 8.62. The third-order valence-corrected chi connectivity index (χ3v) is 5.31. The number of benzene rings is 1. The summed E-state index contributed by atoms with van der Waals surface area (Å²) in [6, 6.07) is 10.3. The predicted octanol–water partition coefficient (Wildman–Crippen LogP) is 2.94. The van der Waals surface area contributed by atoms with E-state index < -0.39 is 0 Å². The first-order valence-corrected chi connectivity index (χ1v) is 9.80. The van der Waals surface area contributed by atoms with Crippen molar-refractivity contribution in [2.24, 2.45) is 4.99 Å². The summed E-state index contributed by atoms with van der Waals surface area (Å²) in [7, 11) is 1.64. The molecule has 0 aliphatic carbocycles. The third kappa shape index (κ3) is 4.13. The van der Waals surface area contributed by atoms with Gasteiger partial charge in [0, 0.05) is 42.2 Å². The molecule has 2 N–H and O–H groups in total. The zero-order valence-corrected chi connectivity index (χ0v) is 15.4. The summed E-state index contributed by atoms with van der Waals surface area (Å²) in [4.78, 5) is 9.78. The van der Waals surface area contributed by atoms with Crippen molar-refractivity contribution in [1.29, 1.82) is 5.26 Å². The molecule has 2 aromatic heterocycles. The number of nitrogens with one attached hydrogen (secondary N) is 2. The summed E-state index contributed by atoms with van der Waals surface area (Å²) in [6.07, 6.45) is 3.94. The number of thiazole rings is 1. The Balaban J connectivity index is 1.65. The summed E-state index contributed by atoms with van der Waals surface area (Å²) in [6.45, 7) is 0.734. The number of hydrogen-bond acceptors (Lipinski definition) is 5. The van der Waals surface area contributed by atoms with Crippen LogP contribution in [0.5, 0.6) is 0 Å². The van der Waals surface area contributed by atoms with E-state index in [2.05, 4.69) is 43.7 Å². The van der Waals surface area contributed by atoms with Crippen LogP contribution in [-0.4, -0.2) is 34.7 Å². The number of thioether (sulfide) groups is 1. The molecule has 0 saturated heterocycles. The second kappa shape index (κ2) is 8.55. The Bertz CT molecular complexity index is 891. The minimum Gasteiger partial charge on any atom is -0.355 e. The van der Waals surface area contributed by atoms with Crippen LogP contribution in [0.1, 0.15) is 5.69 Å². The first-order valence-electron chi connectivity index (χ1n) is 7.77. The van der Waals surface area contributed by atoms with Crippen molar-refractivity contribution in [2.45, 2.75) is 5.75 Å². The van der Waals surface area contributed by atoms with Crippen molar-refractivity contribution < 1.29 is 0 Å². The molecule has 0 aliphatic rings. The van der Waals surface area contributed by atoms with Gasteiger partial charge in [-0.1, -0.05) is 30.3 Å². The summed E-state index contributed by atoms with van der Waals surface area (Å²) >= 11 is 3.47. The van der Waals surface area contributed by atoms with E-state index >= 15 is 0 Å². The predicted molar refractivity (Wildman–Crippen MR) is 105 cm³/mol. The van der Waals surface area contributed by atoms with Crippen LogP contribution < -0.4 is 10.6 Å². The summed E-state index contributed by atoms with van der Waals surface area (Å²) in [5.74, 6) is 2.27. The molecule has 0 radical (unpaired) electrons. The van der Waals surface area contributed by atoms with Gasteiger partial charge in [0.15, 0.2) is 11.2 Å². The molecule has 0 atom stereocenters. The van der Waals surface area contributed by atoms with Crippen LogP contribution >= 0.6 is 23.1 Å². The number of nitrogens with zero attached hydrogens (tertiary/aromatic N) is 4. The van der Waals surface area contributed by atoms with Gasteiger partial charge in [-0.15, -0.1) is 11.3 Å². The number of imidazole rings is 1. The Labute approximate surface area is 154 Å². The minimum absolute atomic E-state index is 0.498. The molecule has 0 spiro atoms. The highest BCUT2D eigenvalue weighted by Crippen LogP contribution is 2.29. The van der Waals surface area contributed by atoms with Gasteiger partial charge in [-0.3, -0.25) is 14.7 Å². The lowest BCUT2D eigenvalue weighted by Crippen LogP contribution is -2.35. The second-order valence-corrected chi connectivity index (χ2v) is 7.10. The standard InChI is InChI=1S/C17H18N6S2/c1-19-16(21-12-18)20-7-9-24-11-14-15(13-5-3-2-4-6-13)22-17-23(14)8-10-25-17/h2-6,8,10H,7,9,11H2,1H3,(H2,19,20,21). The molecule has 3 aromatic rings. The molecule has 3 rings (SSSR count). The number of guanidine groups is 1. The van der Waals surface area contributed by atoms with Gasteiger partial charge in [-0.2, -0.15) is 17.0 Å². The van der Waals surface area contributed by atoms with Crippen LogP contribution in [0, 0.1) is 11.5 Å². The van der Waals surface area contributed by atoms with Gasteiger partial charge in [-0.25, -0.2) is 4.98 Å². The zero-order valence-electron chi connectivity index (χ0n) is 13.8. The Morgan fingerprint density at radius 2 is 2.24 bits per heavy atom. The Morgan fingerprint density at radius 3 is 3.00 bits per heavy atom. The molecule has 25 heavy (non-hydrogen) atoms. The first-order chi connectivity index (χ1) is 12.3. The molecule has 6 nitrogen and oxygen atoms in total. The van der Waals surface area contributed by atoms with Crippen LogP contribution in [0.15, 0.2) is 46.9 Å². The SMILES string of the molecule is CN=C(NC#N)NCCSCc1c(-c2ccccc2)nc2sccn12. The molecular weight excluding hydrogens is 352 g/mol. The fourth-order valence-corrected chi connectivity index (χ4v) is 4.03. The number of aromatic nitrogens is 2. The lowest BCUT2D eigenvalue weighted by Gasteiger charge is -2.07. The Hall–Kier alpha value is -2.50. The fourth-order valence-electron chi connectivity index (χ4n) is 2.44. The highest BCUT2D eigenvalue weighted by molar-refractivity contribution is 7.98. The molecule has 0 fully saturated rings. The van der Waals surface area contributed by atoms with Crippen LogP contribution in [-0.2, 0) is 5.75 Å². The van der Waals surface area contributed by atoms with E-state index in [1.807, 2.05) is 36.2 Å². The fraction of sp³-hybridized carbons (Fsp3) is 0.235. The number of rotatable bonds is 6. The average molecular weight is 371 g/mol. The van der Waals surface area contributed by atoms with Crippen LogP contribution in [0.4, 0.5) is 0 Å². The van der Waals surface area contributed by atoms with Crippen molar-refractivity contribution in [3.05, 3.63) is 47.6 Å². The highest BCUT2D eigenvalue weighted by atomic mass is 32.2. The first kappa shape index (κ1) is 17.3. The van der Waals surface area contributed by atoms with Gasteiger partial charge in [0.05, 0.1) is 11.4 Å². The van der Waals surface area contributed by atoms with E-state index in [0.717, 1.165) is 34.3 Å². The van der Waals surface area contributed by atoms with E-state index in [4.69, 9.17) is 10.2 Å². The molecule has 1 aromatic carbocycles. The average Bonchev–Trinajstić information content (AvgIpc) is 3.23. The van der Waals surface area contributed by atoms with E-state index in [-0.39, 0.29) is 0 Å². The zero-order chi connectivity index (χ0) is 17.5. The summed E-state index contributed by atoms with van der Waals surface area (Å²) < 4.78 is 2.17. The smallest absolute Gasteiger partial charge is 0.204 e. The van der Waals surface area contributed by atoms with Crippen molar-refractivity contribution in [1.82, 2.24) is 20.0 Å². The van der Waals surface area contributed by atoms with Gasteiger partial charge < -0.3 is 5.32 Å². The van der Waals surface area contributed by atoms with Crippen molar-refractivity contribution in [3.63, 3.8) is 0 Å². The Morgan fingerprint density at radius 1 is 1.40 bits per heavy atom. The number of nitriles is 1. The molecule has 8 heteroatoms. The van der Waals surface area contributed by atoms with Crippen molar-refractivity contribution in [3.8, 4) is 17.5 Å². The monoisotopic (exact) mass is 370 g/mol.